The number of nitrogens with one attached hydrogen (secondary N) is 1. The zero-order chi connectivity index (χ0) is 28.4. The van der Waals surface area contributed by atoms with E-state index < -0.39 is 23.5 Å². The molecule has 0 aliphatic heterocycles. The van der Waals surface area contributed by atoms with E-state index in [-0.39, 0.29) is 35.8 Å². The molecule has 3 aromatic rings. The van der Waals surface area contributed by atoms with Crippen LogP contribution in [0, 0.1) is 11.8 Å². The van der Waals surface area contributed by atoms with Crippen LogP contribution in [0.3, 0.4) is 0 Å². The molecular weight excluding hydrogens is 525 g/mol. The third-order valence-electron chi connectivity index (χ3n) is 8.05. The number of amides is 1. The second-order valence-electron chi connectivity index (χ2n) is 10.8. The van der Waals surface area contributed by atoms with Gasteiger partial charge in [0.25, 0.3) is 0 Å². The number of carbonyl (C=O) groups excluding carboxylic acids is 1. The Bertz CT molecular complexity index is 1380. The number of rotatable bonds is 9. The van der Waals surface area contributed by atoms with Crippen LogP contribution < -0.4 is 10.2 Å². The highest BCUT2D eigenvalue weighted by Crippen LogP contribution is 2.33. The summed E-state index contributed by atoms with van der Waals surface area (Å²) in [5.41, 5.74) is 0.291. The normalized spacial score (nSPS) is 16.6. The number of anilines is 2. The van der Waals surface area contributed by atoms with Crippen molar-refractivity contribution in [1.82, 2.24) is 19.5 Å². The molecule has 0 radical (unpaired) electrons. The summed E-state index contributed by atoms with van der Waals surface area (Å²) in [6.45, 7) is 0.646. The fourth-order valence-electron chi connectivity index (χ4n) is 5.53. The lowest BCUT2D eigenvalue weighted by Gasteiger charge is -2.26. The zero-order valence-corrected chi connectivity index (χ0v) is 22.4. The predicted molar refractivity (Wildman–Crippen MR) is 143 cm³/mol. The van der Waals surface area contributed by atoms with Gasteiger partial charge in [0.2, 0.25) is 17.7 Å². The van der Waals surface area contributed by atoms with E-state index in [4.69, 9.17) is 0 Å². The van der Waals surface area contributed by atoms with Gasteiger partial charge in [-0.2, -0.15) is 18.2 Å². The number of imidazole rings is 1. The van der Waals surface area contributed by atoms with E-state index in [0.717, 1.165) is 63.5 Å². The van der Waals surface area contributed by atoms with E-state index >= 15 is 0 Å². The number of alkyl halides is 3. The number of carboxylic acid groups (broad SMARTS) is 1. The van der Waals surface area contributed by atoms with Crippen molar-refractivity contribution in [3.63, 3.8) is 0 Å². The van der Waals surface area contributed by atoms with Crippen LogP contribution in [-0.2, 0) is 17.5 Å². The number of benzene rings is 1. The maximum absolute atomic E-state index is 13.5. The number of fused-ring (bicyclic) bond motifs is 1. The minimum Gasteiger partial charge on any atom is -0.475 e. The van der Waals surface area contributed by atoms with Gasteiger partial charge in [-0.05, 0) is 42.9 Å². The topological polar surface area (TPSA) is 113 Å². The van der Waals surface area contributed by atoms with Gasteiger partial charge < -0.3 is 15.0 Å². The van der Waals surface area contributed by atoms with Gasteiger partial charge in [-0.15, -0.1) is 0 Å². The molecule has 2 saturated carbocycles. The molecule has 2 fully saturated rings. The Morgan fingerprint density at radius 1 is 1.02 bits per heavy atom. The summed E-state index contributed by atoms with van der Waals surface area (Å²) in [5, 5.41) is 12.9. The van der Waals surface area contributed by atoms with Crippen molar-refractivity contribution in [3.05, 3.63) is 41.2 Å². The Morgan fingerprint density at radius 2 is 1.73 bits per heavy atom. The highest BCUT2D eigenvalue weighted by molar-refractivity contribution is 5.97. The number of halogens is 3. The number of carbonyl (C=O) groups is 2. The van der Waals surface area contributed by atoms with Crippen LogP contribution >= 0.6 is 0 Å². The van der Waals surface area contributed by atoms with Gasteiger partial charge in [0, 0.05) is 19.5 Å². The first kappa shape index (κ1) is 27.9. The molecule has 0 atom stereocenters. The average Bonchev–Trinajstić information content (AvgIpc) is 3.27. The monoisotopic (exact) mass is 558 g/mol. The Labute approximate surface area is 229 Å². The van der Waals surface area contributed by atoms with Crippen LogP contribution in [0.5, 0.6) is 0 Å². The summed E-state index contributed by atoms with van der Waals surface area (Å²) in [7, 11) is 1.62. The number of nitrogens with zero attached hydrogens (tertiary/aromatic N) is 5. The van der Waals surface area contributed by atoms with Crippen LogP contribution in [-0.4, -0.2) is 50.1 Å². The Balaban J connectivity index is 1.57. The van der Waals surface area contributed by atoms with Gasteiger partial charge in [0.1, 0.15) is 5.52 Å². The first-order valence-corrected chi connectivity index (χ1v) is 13.8. The minimum absolute atomic E-state index is 0.0827. The number of aromatic carboxylic acids is 1. The molecule has 2 aliphatic rings. The average molecular weight is 559 g/mol. The van der Waals surface area contributed by atoms with Gasteiger partial charge in [-0.25, -0.2) is 14.8 Å². The van der Waals surface area contributed by atoms with Gasteiger partial charge in [0.05, 0.1) is 12.1 Å². The lowest BCUT2D eigenvalue weighted by Crippen LogP contribution is -2.35. The SMILES string of the molecule is CN(C(=O)C1CCCCC1)c1nc2nc(C(=O)O)nc(NCCC3CCC3)c2n1Cc1ccc(C(F)(F)F)cc1. The van der Waals surface area contributed by atoms with Crippen molar-refractivity contribution in [3.8, 4) is 0 Å². The molecule has 40 heavy (non-hydrogen) atoms. The van der Waals surface area contributed by atoms with Crippen molar-refractivity contribution in [1.29, 1.82) is 0 Å². The predicted octanol–water partition coefficient (Wildman–Crippen LogP) is 5.74. The van der Waals surface area contributed by atoms with Crippen molar-refractivity contribution in [2.75, 3.05) is 23.8 Å². The first-order valence-electron chi connectivity index (χ1n) is 13.8. The Kier molecular flexibility index (Phi) is 7.95. The molecule has 5 rings (SSSR count). The minimum atomic E-state index is -4.46. The summed E-state index contributed by atoms with van der Waals surface area (Å²) in [4.78, 5) is 39.8. The number of aromatic nitrogens is 4. The molecule has 12 heteroatoms. The molecular formula is C28H33F3N6O3. The zero-order valence-electron chi connectivity index (χ0n) is 22.4. The van der Waals surface area contributed by atoms with Crippen LogP contribution in [0.2, 0.25) is 0 Å². The van der Waals surface area contributed by atoms with Gasteiger partial charge in [0.15, 0.2) is 11.5 Å². The molecule has 1 aromatic carbocycles. The summed E-state index contributed by atoms with van der Waals surface area (Å²) in [6.07, 6.45) is 4.53. The molecule has 0 bridgehead atoms. The van der Waals surface area contributed by atoms with E-state index in [1.165, 1.54) is 23.5 Å². The third kappa shape index (κ3) is 5.90. The van der Waals surface area contributed by atoms with E-state index in [9.17, 15) is 27.9 Å². The summed E-state index contributed by atoms with van der Waals surface area (Å²) in [5.74, 6) is -0.876. The van der Waals surface area contributed by atoms with E-state index in [1.807, 2.05) is 0 Å². The van der Waals surface area contributed by atoms with Crippen LogP contribution in [0.1, 0.15) is 79.5 Å². The number of hydrogen-bond acceptors (Lipinski definition) is 6. The smallest absolute Gasteiger partial charge is 0.416 e. The van der Waals surface area contributed by atoms with Crippen LogP contribution in [0.15, 0.2) is 24.3 Å². The molecule has 2 N–H and O–H groups in total. The second kappa shape index (κ2) is 11.4. The van der Waals surface area contributed by atoms with Crippen molar-refractivity contribution >= 4 is 34.8 Å². The largest absolute Gasteiger partial charge is 0.475 e. The molecule has 9 nitrogen and oxygen atoms in total. The van der Waals surface area contributed by atoms with Crippen molar-refractivity contribution in [2.45, 2.75) is 70.5 Å². The standard InChI is InChI=1S/C28H33F3N6O3/c1-36(25(38)19-8-3-2-4-9-19)27-35-23-21(37(27)16-18-10-12-20(13-11-18)28(29,30)31)22(33-24(34-23)26(39)40)32-15-14-17-6-5-7-17/h10-13,17,19H,2-9,14-16H2,1H3,(H,39,40)(H,32,33,34). The van der Waals surface area contributed by atoms with Gasteiger partial charge in [-0.3, -0.25) is 9.69 Å². The molecule has 0 unspecified atom stereocenters. The van der Waals surface area contributed by atoms with Crippen LogP contribution in [0.4, 0.5) is 24.9 Å². The summed E-state index contributed by atoms with van der Waals surface area (Å²) < 4.78 is 41.2. The molecule has 2 aromatic heterocycles. The first-order chi connectivity index (χ1) is 19.1. The molecule has 2 heterocycles. The quantitative estimate of drug-likeness (QED) is 0.345. The van der Waals surface area contributed by atoms with Crippen molar-refractivity contribution < 1.29 is 27.9 Å². The van der Waals surface area contributed by atoms with E-state index in [0.29, 0.717) is 23.5 Å². The van der Waals surface area contributed by atoms with E-state index in [2.05, 4.69) is 20.3 Å². The van der Waals surface area contributed by atoms with E-state index in [1.54, 1.807) is 11.6 Å². The van der Waals surface area contributed by atoms with Gasteiger partial charge >= 0.3 is 12.1 Å². The summed E-state index contributed by atoms with van der Waals surface area (Å²) in [6, 6.07) is 4.80. The lowest BCUT2D eigenvalue weighted by molar-refractivity contribution is -0.137. The molecule has 0 spiro atoms. The maximum atomic E-state index is 13.5. The van der Waals surface area contributed by atoms with Gasteiger partial charge in [-0.1, -0.05) is 50.7 Å². The second-order valence-corrected chi connectivity index (χ2v) is 10.8. The maximum Gasteiger partial charge on any atom is 0.416 e. The van der Waals surface area contributed by atoms with Crippen molar-refractivity contribution in [2.24, 2.45) is 11.8 Å². The third-order valence-corrected chi connectivity index (χ3v) is 8.05. The fourth-order valence-corrected chi connectivity index (χ4v) is 5.53. The highest BCUT2D eigenvalue weighted by atomic mass is 19.4. The van der Waals surface area contributed by atoms with Crippen LogP contribution in [0.25, 0.3) is 11.2 Å². The molecule has 2 aliphatic carbocycles. The fraction of sp³-hybridized carbons (Fsp3) is 0.536. The number of carboxylic acids is 1. The lowest BCUT2D eigenvalue weighted by atomic mass is 9.83. The Morgan fingerprint density at radius 3 is 2.33 bits per heavy atom. The molecule has 214 valence electrons. The number of hydrogen-bond donors (Lipinski definition) is 2. The molecule has 0 saturated heterocycles. The summed E-state index contributed by atoms with van der Waals surface area (Å²) >= 11 is 0. The Hall–Kier alpha value is -3.70. The molecule has 1 amide bonds. The highest BCUT2D eigenvalue weighted by Gasteiger charge is 2.31.